The Hall–Kier alpha value is -1.74. The van der Waals surface area contributed by atoms with Gasteiger partial charge in [-0.15, -0.1) is 0 Å². The molecule has 1 aromatic rings. The first-order valence-electron chi connectivity index (χ1n) is 4.74. The number of anilines is 1. The second-order valence-corrected chi connectivity index (χ2v) is 4.13. The molecular formula is C9H10BrN3O5. The number of halogens is 1. The standard InChI is InChI=1S/C9H10BrN3O5/c1-18-4-7(9(14)15)12-8-6(10)2-5(3-11-8)13(16)17/h2-3,7H,4H2,1H3,(H,11,12)(H,14,15). The molecule has 18 heavy (non-hydrogen) atoms. The monoisotopic (exact) mass is 319 g/mol. The highest BCUT2D eigenvalue weighted by Gasteiger charge is 2.19. The zero-order valence-corrected chi connectivity index (χ0v) is 10.9. The molecule has 0 aliphatic carbocycles. The SMILES string of the molecule is COCC(Nc1ncc([N+](=O)[O-])cc1Br)C(=O)O. The van der Waals surface area contributed by atoms with E-state index in [9.17, 15) is 14.9 Å². The van der Waals surface area contributed by atoms with Crippen LogP contribution in [0.4, 0.5) is 11.5 Å². The Morgan fingerprint density at radius 3 is 2.89 bits per heavy atom. The fraction of sp³-hybridized carbons (Fsp3) is 0.333. The van der Waals surface area contributed by atoms with E-state index in [-0.39, 0.29) is 18.1 Å². The van der Waals surface area contributed by atoms with Crippen LogP contribution in [0.25, 0.3) is 0 Å². The molecule has 1 aromatic heterocycles. The number of aliphatic carboxylic acids is 1. The van der Waals surface area contributed by atoms with E-state index in [0.717, 1.165) is 6.20 Å². The number of ether oxygens (including phenoxy) is 1. The lowest BCUT2D eigenvalue weighted by atomic mass is 10.3. The maximum atomic E-state index is 10.9. The molecule has 0 saturated carbocycles. The van der Waals surface area contributed by atoms with Gasteiger partial charge in [0, 0.05) is 13.2 Å². The molecule has 1 heterocycles. The van der Waals surface area contributed by atoms with Crippen molar-refractivity contribution in [1.29, 1.82) is 0 Å². The quantitative estimate of drug-likeness (QED) is 0.599. The number of carboxylic acid groups (broad SMARTS) is 1. The van der Waals surface area contributed by atoms with Gasteiger partial charge in [-0.05, 0) is 15.9 Å². The number of aromatic nitrogens is 1. The topological polar surface area (TPSA) is 115 Å². The summed E-state index contributed by atoms with van der Waals surface area (Å²) >= 11 is 3.08. The maximum absolute atomic E-state index is 10.9. The summed E-state index contributed by atoms with van der Waals surface area (Å²) in [7, 11) is 1.37. The van der Waals surface area contributed by atoms with Crippen molar-refractivity contribution in [2.45, 2.75) is 6.04 Å². The van der Waals surface area contributed by atoms with Crippen molar-refractivity contribution in [3.05, 3.63) is 26.9 Å². The Balaban J connectivity index is 2.90. The molecule has 0 aliphatic rings. The van der Waals surface area contributed by atoms with Crippen LogP contribution in [0.2, 0.25) is 0 Å². The maximum Gasteiger partial charge on any atom is 0.328 e. The van der Waals surface area contributed by atoms with Crippen LogP contribution in [0, 0.1) is 10.1 Å². The Kier molecular flexibility index (Phi) is 4.98. The molecule has 0 spiro atoms. The molecule has 1 atom stereocenters. The predicted octanol–water partition coefficient (Wildman–Crippen LogP) is 1.26. The van der Waals surface area contributed by atoms with Gasteiger partial charge in [0.05, 0.1) is 16.0 Å². The smallest absolute Gasteiger partial charge is 0.328 e. The Bertz CT molecular complexity index is 468. The van der Waals surface area contributed by atoms with Gasteiger partial charge in [-0.25, -0.2) is 9.78 Å². The number of carbonyl (C=O) groups is 1. The summed E-state index contributed by atoms with van der Waals surface area (Å²) in [5, 5.41) is 22.0. The predicted molar refractivity (Wildman–Crippen MR) is 65.5 cm³/mol. The normalized spacial score (nSPS) is 11.9. The van der Waals surface area contributed by atoms with Crippen LogP contribution in [0.5, 0.6) is 0 Å². The van der Waals surface area contributed by atoms with Crippen LogP contribution in [-0.2, 0) is 9.53 Å². The number of hydrogen-bond acceptors (Lipinski definition) is 6. The van der Waals surface area contributed by atoms with Crippen LogP contribution in [0.3, 0.4) is 0 Å². The third-order valence-corrected chi connectivity index (χ3v) is 2.58. The van der Waals surface area contributed by atoms with Crippen LogP contribution in [0.15, 0.2) is 16.7 Å². The summed E-state index contributed by atoms with van der Waals surface area (Å²) in [5.74, 6) is -0.908. The lowest BCUT2D eigenvalue weighted by Crippen LogP contribution is -2.34. The second kappa shape index (κ2) is 6.26. The molecule has 0 saturated heterocycles. The summed E-state index contributed by atoms with van der Waals surface area (Å²) in [6.45, 7) is -0.0551. The van der Waals surface area contributed by atoms with Crippen molar-refractivity contribution in [3.8, 4) is 0 Å². The van der Waals surface area contributed by atoms with Gasteiger partial charge in [0.25, 0.3) is 5.69 Å². The summed E-state index contributed by atoms with van der Waals surface area (Å²) in [6.07, 6.45) is 1.04. The number of methoxy groups -OCH3 is 1. The van der Waals surface area contributed by atoms with Gasteiger partial charge in [0.15, 0.2) is 0 Å². The first-order chi connectivity index (χ1) is 8.45. The Morgan fingerprint density at radius 1 is 1.78 bits per heavy atom. The zero-order chi connectivity index (χ0) is 13.7. The summed E-state index contributed by atoms with van der Waals surface area (Å²) in [5.41, 5.74) is -0.189. The minimum Gasteiger partial charge on any atom is -0.480 e. The molecule has 0 radical (unpaired) electrons. The Labute approximate surface area is 110 Å². The average molecular weight is 320 g/mol. The van der Waals surface area contributed by atoms with Crippen LogP contribution in [-0.4, -0.2) is 40.7 Å². The molecule has 0 aliphatic heterocycles. The van der Waals surface area contributed by atoms with Crippen molar-refractivity contribution in [3.63, 3.8) is 0 Å². The van der Waals surface area contributed by atoms with Crippen LogP contribution < -0.4 is 5.32 Å². The summed E-state index contributed by atoms with van der Waals surface area (Å²) in [4.78, 5) is 24.6. The van der Waals surface area contributed by atoms with Crippen LogP contribution in [0.1, 0.15) is 0 Å². The number of pyridine rings is 1. The fourth-order valence-corrected chi connectivity index (χ4v) is 1.59. The van der Waals surface area contributed by atoms with Gasteiger partial charge in [-0.2, -0.15) is 0 Å². The van der Waals surface area contributed by atoms with E-state index >= 15 is 0 Å². The highest BCUT2D eigenvalue weighted by atomic mass is 79.9. The molecule has 1 unspecified atom stereocenters. The number of nitrogens with one attached hydrogen (secondary N) is 1. The van der Waals surface area contributed by atoms with Crippen LogP contribution >= 0.6 is 15.9 Å². The molecule has 0 fully saturated rings. The molecule has 2 N–H and O–H groups in total. The number of rotatable bonds is 6. The Morgan fingerprint density at radius 2 is 2.44 bits per heavy atom. The molecule has 98 valence electrons. The first kappa shape index (κ1) is 14.3. The molecule has 0 aromatic carbocycles. The second-order valence-electron chi connectivity index (χ2n) is 3.27. The van der Waals surface area contributed by atoms with Crippen molar-refractivity contribution in [2.24, 2.45) is 0 Å². The molecule has 1 rings (SSSR count). The van der Waals surface area contributed by atoms with E-state index in [1.165, 1.54) is 13.2 Å². The molecular weight excluding hydrogens is 310 g/mol. The van der Waals surface area contributed by atoms with Crippen molar-refractivity contribution in [2.75, 3.05) is 19.0 Å². The molecule has 0 bridgehead atoms. The number of nitrogens with zero attached hydrogens (tertiary/aromatic N) is 2. The highest BCUT2D eigenvalue weighted by molar-refractivity contribution is 9.10. The fourth-order valence-electron chi connectivity index (χ4n) is 1.14. The van der Waals surface area contributed by atoms with Crippen molar-refractivity contribution < 1.29 is 19.6 Å². The van der Waals surface area contributed by atoms with Gasteiger partial charge < -0.3 is 15.2 Å². The van der Waals surface area contributed by atoms with Gasteiger partial charge in [0.2, 0.25) is 0 Å². The summed E-state index contributed by atoms with van der Waals surface area (Å²) in [6, 6.07) is 0.251. The summed E-state index contributed by atoms with van der Waals surface area (Å²) < 4.78 is 5.05. The lowest BCUT2D eigenvalue weighted by molar-refractivity contribution is -0.385. The number of hydrogen-bond donors (Lipinski definition) is 2. The third-order valence-electron chi connectivity index (χ3n) is 1.98. The molecule has 8 nitrogen and oxygen atoms in total. The van der Waals surface area contributed by atoms with E-state index in [0.29, 0.717) is 4.47 Å². The third kappa shape index (κ3) is 3.64. The zero-order valence-electron chi connectivity index (χ0n) is 9.29. The minimum absolute atomic E-state index is 0.0551. The van der Waals surface area contributed by atoms with Gasteiger partial charge >= 0.3 is 5.97 Å². The lowest BCUT2D eigenvalue weighted by Gasteiger charge is -2.14. The van der Waals surface area contributed by atoms with E-state index in [1.807, 2.05) is 0 Å². The van der Waals surface area contributed by atoms with E-state index in [4.69, 9.17) is 9.84 Å². The van der Waals surface area contributed by atoms with Crippen molar-refractivity contribution in [1.82, 2.24) is 4.98 Å². The van der Waals surface area contributed by atoms with Crippen molar-refractivity contribution >= 4 is 33.4 Å². The van der Waals surface area contributed by atoms with E-state index in [2.05, 4.69) is 26.2 Å². The highest BCUT2D eigenvalue weighted by Crippen LogP contribution is 2.24. The average Bonchev–Trinajstić information content (AvgIpc) is 2.30. The molecule has 0 amide bonds. The van der Waals surface area contributed by atoms with E-state index in [1.54, 1.807) is 0 Å². The van der Waals surface area contributed by atoms with E-state index < -0.39 is 16.9 Å². The van der Waals surface area contributed by atoms with Gasteiger partial charge in [-0.3, -0.25) is 10.1 Å². The van der Waals surface area contributed by atoms with Gasteiger partial charge in [0.1, 0.15) is 18.1 Å². The number of carboxylic acids is 1. The molecule has 9 heteroatoms. The minimum atomic E-state index is -1.11. The first-order valence-corrected chi connectivity index (χ1v) is 5.53. The number of nitro groups is 1. The largest absolute Gasteiger partial charge is 0.480 e. The van der Waals surface area contributed by atoms with Gasteiger partial charge in [-0.1, -0.05) is 0 Å².